The van der Waals surface area contributed by atoms with Crippen LogP contribution in [0.1, 0.15) is 182 Å². The van der Waals surface area contributed by atoms with Gasteiger partial charge in [0.15, 0.2) is 11.5 Å². The van der Waals surface area contributed by atoms with E-state index in [4.69, 9.17) is 19.1 Å². The molecular weight excluding hydrogens is 617 g/mol. The summed E-state index contributed by atoms with van der Waals surface area (Å²) in [7, 11) is 0. The molecule has 0 saturated heterocycles. The highest BCUT2D eigenvalue weighted by atomic mass is 32.2. The Kier molecular flexibility index (Phi) is 26.0. The van der Waals surface area contributed by atoms with E-state index in [9.17, 15) is 0 Å². The summed E-state index contributed by atoms with van der Waals surface area (Å²) in [6.07, 6.45) is 31.3. The molecule has 5 nitrogen and oxygen atoms in total. The van der Waals surface area contributed by atoms with Crippen LogP contribution >= 0.6 is 12.0 Å². The summed E-state index contributed by atoms with van der Waals surface area (Å²) in [5, 5.41) is 14.7. The van der Waals surface area contributed by atoms with Gasteiger partial charge in [0.2, 0.25) is 0 Å². The van der Waals surface area contributed by atoms with E-state index in [0.717, 1.165) is 52.4 Å². The van der Waals surface area contributed by atoms with Crippen LogP contribution in [0.2, 0.25) is 0 Å². The summed E-state index contributed by atoms with van der Waals surface area (Å²) >= 11 is 0.987. The Morgan fingerprint density at radius 2 is 0.896 bits per heavy atom. The molecule has 0 spiro atoms. The van der Waals surface area contributed by atoms with Crippen molar-refractivity contribution >= 4 is 22.8 Å². The van der Waals surface area contributed by atoms with E-state index in [1.807, 2.05) is 12.1 Å². The van der Waals surface area contributed by atoms with Gasteiger partial charge in [0.25, 0.3) is 0 Å². The maximum atomic E-state index is 8.66. The molecule has 0 fully saturated rings. The lowest BCUT2D eigenvalue weighted by atomic mass is 9.95. The molecule has 2 rings (SSSR count). The molecule has 6 heteroatoms. The topological polar surface area (TPSA) is 57.2 Å². The van der Waals surface area contributed by atoms with E-state index in [2.05, 4.69) is 50.9 Å². The number of unbranched alkanes of at least 4 members (excludes halogenated alkanes) is 16. The molecule has 2 aromatic rings. The zero-order valence-corrected chi connectivity index (χ0v) is 32.2. The highest BCUT2D eigenvalue weighted by molar-refractivity contribution is 7.94. The van der Waals surface area contributed by atoms with E-state index in [1.165, 1.54) is 154 Å². The monoisotopic (exact) mass is 689 g/mol. The Morgan fingerprint density at radius 3 is 1.33 bits per heavy atom. The maximum absolute atomic E-state index is 8.66. The zero-order chi connectivity index (χ0) is 34.5. The standard InChI is InChI=1S/C42H72O5S/c1-5-9-13-17-19-23-27-36(25-21-15-11-7-3)34-44-41-32-38-29-30-40(48-47-46-43)31-39(38)33-42(41)45-35-37(26-22-16-12-8-4)28-24-20-18-14-10-6-2/h29-33,36-37,43H,5-28,34-35H2,1-4H3. The average Bonchev–Trinajstić information content (AvgIpc) is 3.10. The normalized spacial score (nSPS) is 12.9. The first-order valence-electron chi connectivity index (χ1n) is 20.1. The van der Waals surface area contributed by atoms with Crippen molar-refractivity contribution in [1.82, 2.24) is 0 Å². The van der Waals surface area contributed by atoms with Crippen LogP contribution in [-0.2, 0) is 9.37 Å². The van der Waals surface area contributed by atoms with E-state index in [-0.39, 0.29) is 0 Å². The number of ether oxygens (including phenoxy) is 2. The van der Waals surface area contributed by atoms with Crippen molar-refractivity contribution in [3.05, 3.63) is 30.3 Å². The number of fused-ring (bicyclic) bond motifs is 1. The Bertz CT molecular complexity index is 1030. The van der Waals surface area contributed by atoms with Gasteiger partial charge in [-0.05, 0) is 72.6 Å². The minimum Gasteiger partial charge on any atom is -0.489 e. The van der Waals surface area contributed by atoms with Gasteiger partial charge >= 0.3 is 0 Å². The van der Waals surface area contributed by atoms with Gasteiger partial charge in [0.05, 0.1) is 25.3 Å². The molecule has 2 atom stereocenters. The van der Waals surface area contributed by atoms with Crippen molar-refractivity contribution in [2.24, 2.45) is 11.8 Å². The molecule has 1 N–H and O–H groups in total. The summed E-state index contributed by atoms with van der Waals surface area (Å²) in [6, 6.07) is 10.4. The molecule has 2 aromatic carbocycles. The van der Waals surface area contributed by atoms with Gasteiger partial charge in [0, 0.05) is 4.90 Å². The Labute approximate surface area is 299 Å². The van der Waals surface area contributed by atoms with Crippen LogP contribution in [0.25, 0.3) is 10.8 Å². The lowest BCUT2D eigenvalue weighted by molar-refractivity contribution is -0.432. The summed E-state index contributed by atoms with van der Waals surface area (Å²) in [6.45, 7) is 10.6. The summed E-state index contributed by atoms with van der Waals surface area (Å²) in [5.41, 5.74) is 0. The Hall–Kier alpha value is -1.47. The fraction of sp³-hybridized carbons (Fsp3) is 0.762. The van der Waals surface area contributed by atoms with Gasteiger partial charge in [-0.1, -0.05) is 167 Å². The van der Waals surface area contributed by atoms with Crippen LogP contribution in [0.5, 0.6) is 11.5 Å². The summed E-state index contributed by atoms with van der Waals surface area (Å²) in [4.78, 5) is 0.846. The Balaban J connectivity index is 2.19. The van der Waals surface area contributed by atoms with E-state index < -0.39 is 0 Å². The van der Waals surface area contributed by atoms with Crippen LogP contribution in [0.3, 0.4) is 0 Å². The molecule has 0 amide bonds. The van der Waals surface area contributed by atoms with E-state index in [1.54, 1.807) is 0 Å². The molecule has 0 aromatic heterocycles. The second kappa shape index (κ2) is 29.3. The third-order valence-electron chi connectivity index (χ3n) is 9.85. The lowest BCUT2D eigenvalue weighted by Gasteiger charge is -2.22. The number of hydrogen-bond acceptors (Lipinski definition) is 6. The van der Waals surface area contributed by atoms with Crippen LogP contribution in [0, 0.1) is 11.8 Å². The number of rotatable bonds is 33. The smallest absolute Gasteiger partial charge is 0.161 e. The predicted molar refractivity (Wildman–Crippen MR) is 206 cm³/mol. The SMILES string of the molecule is CCCCCCCCC(CCCCCC)COc1cc2ccc(SOOO)cc2cc1OCC(CCCCCC)CCCCCCCC. The first kappa shape index (κ1) is 42.7. The number of benzene rings is 2. The molecule has 0 saturated carbocycles. The molecule has 0 bridgehead atoms. The molecule has 2 unspecified atom stereocenters. The van der Waals surface area contributed by atoms with Gasteiger partial charge in [0.1, 0.15) is 0 Å². The molecular formula is C42H72O5S. The third kappa shape index (κ3) is 19.6. The quantitative estimate of drug-likeness (QED) is 0.0349. The van der Waals surface area contributed by atoms with Crippen molar-refractivity contribution < 1.29 is 24.1 Å². The third-order valence-corrected chi connectivity index (χ3v) is 10.4. The highest BCUT2D eigenvalue weighted by Gasteiger charge is 2.16. The first-order valence-corrected chi connectivity index (χ1v) is 20.9. The maximum Gasteiger partial charge on any atom is 0.161 e. The fourth-order valence-electron chi connectivity index (χ4n) is 6.75. The minimum atomic E-state index is 0.563. The molecule has 276 valence electrons. The van der Waals surface area contributed by atoms with Gasteiger partial charge < -0.3 is 9.47 Å². The van der Waals surface area contributed by atoms with Crippen LogP contribution in [0.15, 0.2) is 35.2 Å². The molecule has 48 heavy (non-hydrogen) atoms. The minimum absolute atomic E-state index is 0.563. The predicted octanol–water partition coefficient (Wildman–Crippen LogP) is 14.7. The molecule has 0 aliphatic rings. The van der Waals surface area contributed by atoms with Crippen molar-refractivity contribution in [2.75, 3.05) is 13.2 Å². The number of hydrogen-bond donors (Lipinski definition) is 1. The van der Waals surface area contributed by atoms with Gasteiger partial charge in [-0.3, -0.25) is 0 Å². The van der Waals surface area contributed by atoms with Gasteiger partial charge in [-0.15, -0.1) is 4.33 Å². The van der Waals surface area contributed by atoms with Gasteiger partial charge in [-0.25, -0.2) is 5.26 Å². The van der Waals surface area contributed by atoms with E-state index in [0.29, 0.717) is 11.8 Å². The van der Waals surface area contributed by atoms with Crippen molar-refractivity contribution in [1.29, 1.82) is 0 Å². The highest BCUT2D eigenvalue weighted by Crippen LogP contribution is 2.36. The van der Waals surface area contributed by atoms with Crippen molar-refractivity contribution in [2.45, 2.75) is 187 Å². The Morgan fingerprint density at radius 1 is 0.500 bits per heavy atom. The first-order chi connectivity index (χ1) is 23.6. The van der Waals surface area contributed by atoms with E-state index >= 15 is 0 Å². The van der Waals surface area contributed by atoms with Crippen molar-refractivity contribution in [3.63, 3.8) is 0 Å². The summed E-state index contributed by atoms with van der Waals surface area (Å²) < 4.78 is 18.2. The molecule has 0 aliphatic heterocycles. The van der Waals surface area contributed by atoms with Crippen LogP contribution < -0.4 is 9.47 Å². The molecule has 0 radical (unpaired) electrons. The second-order valence-corrected chi connectivity index (χ2v) is 15.0. The average molecular weight is 689 g/mol. The van der Waals surface area contributed by atoms with Crippen molar-refractivity contribution in [3.8, 4) is 11.5 Å². The summed E-state index contributed by atoms with van der Waals surface area (Å²) in [5.74, 6) is 2.84. The fourth-order valence-corrected chi connectivity index (χ4v) is 7.16. The second-order valence-electron chi connectivity index (χ2n) is 14.2. The van der Waals surface area contributed by atoms with Gasteiger partial charge in [-0.2, -0.15) is 0 Å². The lowest BCUT2D eigenvalue weighted by Crippen LogP contribution is -2.15. The molecule has 0 heterocycles. The van der Waals surface area contributed by atoms with Crippen LogP contribution in [0.4, 0.5) is 0 Å². The zero-order valence-electron chi connectivity index (χ0n) is 31.4. The largest absolute Gasteiger partial charge is 0.489 e. The van der Waals surface area contributed by atoms with Crippen LogP contribution in [-0.4, -0.2) is 18.5 Å². The molecule has 0 aliphatic carbocycles.